The van der Waals surface area contributed by atoms with Crippen LogP contribution >= 0.6 is 11.3 Å². The lowest BCUT2D eigenvalue weighted by Gasteiger charge is -2.16. The average Bonchev–Trinajstić information content (AvgIpc) is 3.08. The van der Waals surface area contributed by atoms with Crippen molar-refractivity contribution in [2.24, 2.45) is 0 Å². The molecule has 21 heavy (non-hydrogen) atoms. The first-order valence-corrected chi connectivity index (χ1v) is 7.11. The van der Waals surface area contributed by atoms with Gasteiger partial charge >= 0.3 is 12.0 Å². The van der Waals surface area contributed by atoms with Gasteiger partial charge in [0.15, 0.2) is 0 Å². The molecule has 0 saturated heterocycles. The summed E-state index contributed by atoms with van der Waals surface area (Å²) in [6, 6.07) is 3.17. The minimum Gasteiger partial charge on any atom is -0.469 e. The molecule has 2 aromatic heterocycles. The van der Waals surface area contributed by atoms with Gasteiger partial charge in [0.25, 0.3) is 0 Å². The molecule has 2 heterocycles. The number of ether oxygens (including phenoxy) is 1. The molecule has 0 saturated carbocycles. The van der Waals surface area contributed by atoms with Crippen LogP contribution in [0.3, 0.4) is 0 Å². The molecule has 6 nitrogen and oxygen atoms in total. The maximum absolute atomic E-state index is 12.1. The highest BCUT2D eigenvalue weighted by molar-refractivity contribution is 7.14. The van der Waals surface area contributed by atoms with Gasteiger partial charge in [-0.05, 0) is 19.1 Å². The molecular weight excluding hydrogens is 292 g/mol. The van der Waals surface area contributed by atoms with Gasteiger partial charge in [-0.2, -0.15) is 0 Å². The highest BCUT2D eigenvalue weighted by Gasteiger charge is 2.14. The predicted octanol–water partition coefficient (Wildman–Crippen LogP) is 3.10. The fourth-order valence-electron chi connectivity index (χ4n) is 1.73. The molecule has 2 aromatic rings. The molecule has 0 atom stereocenters. The quantitative estimate of drug-likeness (QED) is 0.881. The third-order valence-electron chi connectivity index (χ3n) is 2.97. The first-order chi connectivity index (χ1) is 10.0. The third-order valence-corrected chi connectivity index (χ3v) is 3.82. The highest BCUT2D eigenvalue weighted by atomic mass is 32.1. The van der Waals surface area contributed by atoms with E-state index in [9.17, 15) is 9.59 Å². The van der Waals surface area contributed by atoms with Crippen molar-refractivity contribution in [2.45, 2.75) is 13.5 Å². The Morgan fingerprint density at radius 1 is 1.48 bits per heavy atom. The Morgan fingerprint density at radius 3 is 2.86 bits per heavy atom. The van der Waals surface area contributed by atoms with E-state index in [2.05, 4.69) is 10.1 Å². The summed E-state index contributed by atoms with van der Waals surface area (Å²) in [7, 11) is 3.01. The van der Waals surface area contributed by atoms with Gasteiger partial charge in [0, 0.05) is 18.0 Å². The summed E-state index contributed by atoms with van der Waals surface area (Å²) >= 11 is 1.27. The number of methoxy groups -OCH3 is 1. The maximum atomic E-state index is 12.1. The van der Waals surface area contributed by atoms with E-state index in [1.54, 1.807) is 24.8 Å². The molecule has 0 spiro atoms. The number of amides is 2. The smallest absolute Gasteiger partial charge is 0.338 e. The molecule has 7 heteroatoms. The Kier molecular flexibility index (Phi) is 4.64. The van der Waals surface area contributed by atoms with Gasteiger partial charge in [-0.3, -0.25) is 5.32 Å². The number of furan rings is 1. The Hall–Kier alpha value is -2.28. The molecule has 112 valence electrons. The summed E-state index contributed by atoms with van der Waals surface area (Å²) in [6.07, 6.45) is 1.60. The fraction of sp³-hybridized carbons (Fsp3) is 0.286. The summed E-state index contributed by atoms with van der Waals surface area (Å²) < 4.78 is 9.82. The van der Waals surface area contributed by atoms with E-state index in [0.717, 1.165) is 11.3 Å². The topological polar surface area (TPSA) is 71.8 Å². The number of carbonyl (C=O) groups excluding carboxylic acids is 2. The molecule has 0 fully saturated rings. The number of carbonyl (C=O) groups is 2. The minimum atomic E-state index is -0.422. The van der Waals surface area contributed by atoms with E-state index >= 15 is 0 Å². The molecule has 2 amide bonds. The van der Waals surface area contributed by atoms with Crippen LogP contribution in [0.15, 0.2) is 28.2 Å². The molecule has 1 N–H and O–H groups in total. The molecular formula is C14H16N2O4S. The SMILES string of the molecule is COC(=O)c1csc(NC(=O)N(C)Cc2ccoc2C)c1. The number of rotatable bonds is 4. The van der Waals surface area contributed by atoms with E-state index in [0.29, 0.717) is 17.1 Å². The number of anilines is 1. The third kappa shape index (κ3) is 3.63. The number of esters is 1. The van der Waals surface area contributed by atoms with Gasteiger partial charge in [0.2, 0.25) is 0 Å². The summed E-state index contributed by atoms with van der Waals surface area (Å²) in [5, 5.41) is 4.97. The van der Waals surface area contributed by atoms with Crippen LogP contribution in [-0.4, -0.2) is 31.1 Å². The van der Waals surface area contributed by atoms with E-state index in [4.69, 9.17) is 4.42 Å². The van der Waals surface area contributed by atoms with Crippen LogP contribution in [0.5, 0.6) is 0 Å². The van der Waals surface area contributed by atoms with Crippen LogP contribution in [0.4, 0.5) is 9.80 Å². The van der Waals surface area contributed by atoms with Gasteiger partial charge in [-0.15, -0.1) is 11.3 Å². The second kappa shape index (κ2) is 6.45. The van der Waals surface area contributed by atoms with Crippen molar-refractivity contribution in [3.63, 3.8) is 0 Å². The van der Waals surface area contributed by atoms with Crippen LogP contribution in [-0.2, 0) is 11.3 Å². The van der Waals surface area contributed by atoms with Crippen molar-refractivity contribution < 1.29 is 18.7 Å². The lowest BCUT2D eigenvalue weighted by Crippen LogP contribution is -2.30. The molecule has 0 radical (unpaired) electrons. The molecule has 0 unspecified atom stereocenters. The molecule has 0 aromatic carbocycles. The van der Waals surface area contributed by atoms with Gasteiger partial charge in [-0.25, -0.2) is 9.59 Å². The number of urea groups is 1. The summed E-state index contributed by atoms with van der Waals surface area (Å²) in [4.78, 5) is 25.0. The van der Waals surface area contributed by atoms with Crippen LogP contribution in [0.1, 0.15) is 21.7 Å². The molecule has 0 aliphatic carbocycles. The Labute approximate surface area is 126 Å². The number of thiophene rings is 1. The van der Waals surface area contributed by atoms with Gasteiger partial charge in [0.05, 0.1) is 30.5 Å². The van der Waals surface area contributed by atoms with E-state index in [1.165, 1.54) is 23.3 Å². The Morgan fingerprint density at radius 2 is 2.24 bits per heavy atom. The van der Waals surface area contributed by atoms with E-state index < -0.39 is 5.97 Å². The first kappa shape index (κ1) is 15.1. The lowest BCUT2D eigenvalue weighted by atomic mass is 10.2. The molecule has 2 rings (SSSR count). The normalized spacial score (nSPS) is 10.2. The van der Waals surface area contributed by atoms with Crippen LogP contribution in [0.25, 0.3) is 0 Å². The minimum absolute atomic E-state index is 0.256. The molecule has 0 bridgehead atoms. The van der Waals surface area contributed by atoms with Gasteiger partial charge < -0.3 is 14.1 Å². The highest BCUT2D eigenvalue weighted by Crippen LogP contribution is 2.21. The van der Waals surface area contributed by atoms with Crippen molar-refractivity contribution >= 4 is 28.3 Å². The van der Waals surface area contributed by atoms with E-state index in [-0.39, 0.29) is 6.03 Å². The second-order valence-corrected chi connectivity index (χ2v) is 5.39. The monoisotopic (exact) mass is 308 g/mol. The molecule has 0 aliphatic heterocycles. The molecule has 0 aliphatic rings. The number of hydrogen-bond donors (Lipinski definition) is 1. The number of nitrogens with one attached hydrogen (secondary N) is 1. The average molecular weight is 308 g/mol. The maximum Gasteiger partial charge on any atom is 0.338 e. The number of hydrogen-bond acceptors (Lipinski definition) is 5. The van der Waals surface area contributed by atoms with Crippen molar-refractivity contribution in [1.82, 2.24) is 4.90 Å². The van der Waals surface area contributed by atoms with Crippen molar-refractivity contribution in [1.29, 1.82) is 0 Å². The van der Waals surface area contributed by atoms with Crippen LogP contribution < -0.4 is 5.32 Å². The predicted molar refractivity (Wildman–Crippen MR) is 79.6 cm³/mol. The van der Waals surface area contributed by atoms with Crippen LogP contribution in [0, 0.1) is 6.92 Å². The number of aryl methyl sites for hydroxylation is 1. The van der Waals surface area contributed by atoms with Crippen molar-refractivity contribution in [3.05, 3.63) is 40.7 Å². The largest absolute Gasteiger partial charge is 0.469 e. The van der Waals surface area contributed by atoms with Crippen molar-refractivity contribution in [2.75, 3.05) is 19.5 Å². The van der Waals surface area contributed by atoms with Crippen molar-refractivity contribution in [3.8, 4) is 0 Å². The van der Waals surface area contributed by atoms with Gasteiger partial charge in [0.1, 0.15) is 5.76 Å². The zero-order valence-corrected chi connectivity index (χ0v) is 12.8. The standard InChI is InChI=1S/C14H16N2O4S/c1-9-10(4-5-20-9)7-16(2)14(18)15-12-6-11(8-21-12)13(17)19-3/h4-6,8H,7H2,1-3H3,(H,15,18). The fourth-order valence-corrected chi connectivity index (χ4v) is 2.49. The van der Waals surface area contributed by atoms with E-state index in [1.807, 2.05) is 13.0 Å². The second-order valence-electron chi connectivity index (χ2n) is 4.48. The zero-order chi connectivity index (χ0) is 15.4. The summed E-state index contributed by atoms with van der Waals surface area (Å²) in [5.41, 5.74) is 1.38. The Bertz CT molecular complexity index is 647. The Balaban J connectivity index is 1.96. The van der Waals surface area contributed by atoms with Crippen LogP contribution in [0.2, 0.25) is 0 Å². The first-order valence-electron chi connectivity index (χ1n) is 6.23. The van der Waals surface area contributed by atoms with Gasteiger partial charge in [-0.1, -0.05) is 0 Å². The zero-order valence-electron chi connectivity index (χ0n) is 12.0. The number of nitrogens with zero attached hydrogens (tertiary/aromatic N) is 1. The summed E-state index contributed by atoms with van der Waals surface area (Å²) in [5.74, 6) is 0.368. The summed E-state index contributed by atoms with van der Waals surface area (Å²) in [6.45, 7) is 2.30. The lowest BCUT2D eigenvalue weighted by molar-refractivity contribution is 0.0601.